The fraction of sp³-hybridized carbons (Fsp3) is 0.481. The van der Waals surface area contributed by atoms with Crippen LogP contribution in [0, 0.1) is 22.0 Å². The Kier molecular flexibility index (Phi) is 7.35. The fourth-order valence-electron chi connectivity index (χ4n) is 4.74. The highest BCUT2D eigenvalue weighted by atomic mass is 16.7. The van der Waals surface area contributed by atoms with Crippen LogP contribution in [0.25, 0.3) is 11.1 Å². The van der Waals surface area contributed by atoms with Crippen LogP contribution in [0.5, 0.6) is 0 Å². The van der Waals surface area contributed by atoms with Crippen LogP contribution in [0.1, 0.15) is 83.9 Å². The van der Waals surface area contributed by atoms with Gasteiger partial charge in [0.15, 0.2) is 0 Å². The van der Waals surface area contributed by atoms with Crippen molar-refractivity contribution >= 4 is 17.4 Å². The number of benzene rings is 2. The van der Waals surface area contributed by atoms with E-state index in [1.807, 2.05) is 19.1 Å². The molecule has 0 aromatic heterocycles. The summed E-state index contributed by atoms with van der Waals surface area (Å²) in [6, 6.07) is 11.5. The molecule has 2 aromatic rings. The Morgan fingerprint density at radius 3 is 2.03 bits per heavy atom. The SMILES string of the molecule is CC(=O)ON=C(C)c1ccc2c(c1)C(CCC(C)C)(CCC(C)C)c1cc([N+](=O)[O-])ccc1-2. The molecule has 0 atom stereocenters. The molecule has 2 aromatic carbocycles. The molecule has 6 nitrogen and oxygen atoms in total. The van der Waals surface area contributed by atoms with Crippen LogP contribution in [0.2, 0.25) is 0 Å². The molecular weight excluding hydrogens is 416 g/mol. The molecular formula is C27H34N2O4. The van der Waals surface area contributed by atoms with Crippen LogP contribution in [0.4, 0.5) is 5.69 Å². The Hall–Kier alpha value is -3.02. The summed E-state index contributed by atoms with van der Waals surface area (Å²) in [7, 11) is 0. The molecule has 0 radical (unpaired) electrons. The molecule has 0 unspecified atom stereocenters. The number of carbonyl (C=O) groups excluding carboxylic acids is 1. The quantitative estimate of drug-likeness (QED) is 0.178. The predicted octanol–water partition coefficient (Wildman–Crippen LogP) is 7.02. The Bertz CT molecular complexity index is 1070. The molecule has 33 heavy (non-hydrogen) atoms. The number of hydrogen-bond acceptors (Lipinski definition) is 5. The monoisotopic (exact) mass is 450 g/mol. The molecule has 6 heteroatoms. The number of fused-ring (bicyclic) bond motifs is 3. The first kappa shape index (κ1) is 24.6. The van der Waals surface area contributed by atoms with Crippen molar-refractivity contribution in [3.63, 3.8) is 0 Å². The van der Waals surface area contributed by atoms with E-state index in [4.69, 9.17) is 4.84 Å². The van der Waals surface area contributed by atoms with Gasteiger partial charge < -0.3 is 4.84 Å². The standard InChI is InChI=1S/C27H34N2O4/c1-17(2)11-13-27(14-12-18(3)4)25-15-21(19(5)28-33-20(6)30)7-9-23(25)24-10-8-22(29(31)32)16-26(24)27/h7-10,15-18H,11-14H2,1-6H3. The van der Waals surface area contributed by atoms with Crippen molar-refractivity contribution in [1.82, 2.24) is 0 Å². The summed E-state index contributed by atoms with van der Waals surface area (Å²) in [4.78, 5) is 27.4. The number of nitrogens with zero attached hydrogens (tertiary/aromatic N) is 2. The second-order valence-corrected chi connectivity index (χ2v) is 9.95. The minimum atomic E-state index is -0.460. The second kappa shape index (κ2) is 9.86. The third-order valence-corrected chi connectivity index (χ3v) is 6.58. The van der Waals surface area contributed by atoms with Gasteiger partial charge in [-0.05, 0) is 84.4 Å². The highest BCUT2D eigenvalue weighted by Crippen LogP contribution is 2.55. The maximum absolute atomic E-state index is 11.6. The van der Waals surface area contributed by atoms with E-state index in [9.17, 15) is 14.9 Å². The summed E-state index contributed by atoms with van der Waals surface area (Å²) >= 11 is 0. The first-order valence-corrected chi connectivity index (χ1v) is 11.7. The Morgan fingerprint density at radius 1 is 0.970 bits per heavy atom. The fourth-order valence-corrected chi connectivity index (χ4v) is 4.74. The van der Waals surface area contributed by atoms with Gasteiger partial charge in [0.25, 0.3) is 5.69 Å². The van der Waals surface area contributed by atoms with Crippen molar-refractivity contribution in [2.45, 2.75) is 72.6 Å². The normalized spacial score (nSPS) is 14.4. The number of nitro groups is 1. The molecule has 0 bridgehead atoms. The molecule has 0 saturated heterocycles. The molecule has 0 fully saturated rings. The topological polar surface area (TPSA) is 81.8 Å². The van der Waals surface area contributed by atoms with Crippen LogP contribution in [-0.4, -0.2) is 16.6 Å². The minimum Gasteiger partial charge on any atom is -0.318 e. The average Bonchev–Trinajstić information content (AvgIpc) is 3.03. The van der Waals surface area contributed by atoms with Gasteiger partial charge in [-0.25, -0.2) is 4.79 Å². The van der Waals surface area contributed by atoms with Gasteiger partial charge in [-0.15, -0.1) is 0 Å². The van der Waals surface area contributed by atoms with Gasteiger partial charge in [-0.2, -0.15) is 0 Å². The van der Waals surface area contributed by atoms with E-state index in [0.717, 1.165) is 47.9 Å². The first-order valence-electron chi connectivity index (χ1n) is 11.7. The maximum Gasteiger partial charge on any atom is 0.331 e. The van der Waals surface area contributed by atoms with E-state index in [2.05, 4.69) is 45.0 Å². The highest BCUT2D eigenvalue weighted by molar-refractivity contribution is 6.00. The average molecular weight is 451 g/mol. The molecule has 0 aliphatic heterocycles. The first-order chi connectivity index (χ1) is 15.5. The van der Waals surface area contributed by atoms with Gasteiger partial charge in [0.05, 0.1) is 10.6 Å². The van der Waals surface area contributed by atoms with E-state index >= 15 is 0 Å². The summed E-state index contributed by atoms with van der Waals surface area (Å²) in [5, 5.41) is 15.6. The number of nitro benzene ring substituents is 1. The summed E-state index contributed by atoms with van der Waals surface area (Å²) in [6.45, 7) is 12.0. The van der Waals surface area contributed by atoms with E-state index in [1.54, 1.807) is 12.1 Å². The second-order valence-electron chi connectivity index (χ2n) is 9.95. The molecule has 1 aliphatic rings. The number of rotatable bonds is 9. The number of non-ortho nitro benzene ring substituents is 1. The van der Waals surface area contributed by atoms with E-state index < -0.39 is 5.97 Å². The van der Waals surface area contributed by atoms with Gasteiger partial charge in [0.1, 0.15) is 0 Å². The highest BCUT2D eigenvalue weighted by Gasteiger charge is 2.43. The van der Waals surface area contributed by atoms with Crippen LogP contribution in [0.3, 0.4) is 0 Å². The number of carbonyl (C=O) groups is 1. The molecule has 3 rings (SSSR count). The Balaban J connectivity index is 2.23. The minimum absolute atomic E-state index is 0.132. The Labute approximate surface area is 196 Å². The summed E-state index contributed by atoms with van der Waals surface area (Å²) in [6.07, 6.45) is 3.87. The molecule has 0 amide bonds. The number of oxime groups is 1. The Morgan fingerprint density at radius 2 is 1.52 bits per heavy atom. The van der Waals surface area contributed by atoms with Gasteiger partial charge in [0.2, 0.25) is 0 Å². The van der Waals surface area contributed by atoms with Gasteiger partial charge >= 0.3 is 5.97 Å². The largest absolute Gasteiger partial charge is 0.331 e. The van der Waals surface area contributed by atoms with Crippen LogP contribution in [0.15, 0.2) is 41.6 Å². The lowest BCUT2D eigenvalue weighted by molar-refractivity contribution is -0.384. The van der Waals surface area contributed by atoms with Crippen molar-refractivity contribution in [2.75, 3.05) is 0 Å². The van der Waals surface area contributed by atoms with Crippen molar-refractivity contribution < 1.29 is 14.6 Å². The van der Waals surface area contributed by atoms with Gasteiger partial charge in [-0.3, -0.25) is 10.1 Å². The maximum atomic E-state index is 11.6. The predicted molar refractivity (Wildman–Crippen MR) is 131 cm³/mol. The van der Waals surface area contributed by atoms with Gasteiger partial charge in [0, 0.05) is 24.5 Å². The zero-order valence-corrected chi connectivity index (χ0v) is 20.5. The third-order valence-electron chi connectivity index (χ3n) is 6.58. The van der Waals surface area contributed by atoms with E-state index in [1.165, 1.54) is 12.5 Å². The lowest BCUT2D eigenvalue weighted by atomic mass is 9.69. The molecule has 0 saturated carbocycles. The van der Waals surface area contributed by atoms with Crippen LogP contribution < -0.4 is 0 Å². The summed E-state index contributed by atoms with van der Waals surface area (Å²) in [5.74, 6) is 0.573. The van der Waals surface area contributed by atoms with Gasteiger partial charge in [-0.1, -0.05) is 45.0 Å². The zero-order chi connectivity index (χ0) is 24.3. The molecule has 0 spiro atoms. The number of hydrogen-bond donors (Lipinski definition) is 0. The van der Waals surface area contributed by atoms with Crippen molar-refractivity contribution in [1.29, 1.82) is 0 Å². The zero-order valence-electron chi connectivity index (χ0n) is 20.5. The van der Waals surface area contributed by atoms with Crippen LogP contribution in [-0.2, 0) is 15.0 Å². The summed E-state index contributed by atoms with van der Waals surface area (Å²) < 4.78 is 0. The lowest BCUT2D eigenvalue weighted by Gasteiger charge is -2.34. The molecule has 176 valence electrons. The smallest absolute Gasteiger partial charge is 0.318 e. The lowest BCUT2D eigenvalue weighted by Crippen LogP contribution is -2.27. The molecule has 0 N–H and O–H groups in total. The van der Waals surface area contributed by atoms with Crippen molar-refractivity contribution in [3.8, 4) is 11.1 Å². The van der Waals surface area contributed by atoms with E-state index in [-0.39, 0.29) is 16.0 Å². The van der Waals surface area contributed by atoms with E-state index in [0.29, 0.717) is 17.5 Å². The molecule has 1 aliphatic carbocycles. The molecule has 0 heterocycles. The van der Waals surface area contributed by atoms with Crippen LogP contribution >= 0.6 is 0 Å². The summed E-state index contributed by atoms with van der Waals surface area (Å²) in [5.41, 5.74) is 5.78. The van der Waals surface area contributed by atoms with Crippen molar-refractivity contribution in [3.05, 3.63) is 63.2 Å². The third kappa shape index (κ3) is 5.15. The van der Waals surface area contributed by atoms with Crippen molar-refractivity contribution in [2.24, 2.45) is 17.0 Å².